The van der Waals surface area contributed by atoms with E-state index in [-0.39, 0.29) is 11.8 Å². The summed E-state index contributed by atoms with van der Waals surface area (Å²) in [5.41, 5.74) is 4.42. The highest BCUT2D eigenvalue weighted by molar-refractivity contribution is 6.11. The fraction of sp³-hybridized carbons (Fsp3) is 0.200. The Morgan fingerprint density at radius 2 is 1.90 bits per heavy atom. The van der Waals surface area contributed by atoms with Gasteiger partial charge in [-0.15, -0.1) is 0 Å². The van der Waals surface area contributed by atoms with Crippen LogP contribution in [-0.2, 0) is 6.54 Å². The van der Waals surface area contributed by atoms with Crippen molar-refractivity contribution in [2.24, 2.45) is 0 Å². The highest BCUT2D eigenvalue weighted by Gasteiger charge is 2.27. The van der Waals surface area contributed by atoms with Crippen molar-refractivity contribution in [3.05, 3.63) is 83.4 Å². The van der Waals surface area contributed by atoms with E-state index in [0.717, 1.165) is 35.3 Å². The standard InChI is InChI=1S/C25H24N2O3/c1-2-3-14-30-19-11-7-10-18(15-19)20-12-13-22(23-21(20)16-26-25(23)29)27-24(28)17-8-5-4-6-9-17/h4-13,15H,2-3,14,16H2,1H3,(H,26,29)(H,27,28). The van der Waals surface area contributed by atoms with Gasteiger partial charge in [-0.25, -0.2) is 0 Å². The van der Waals surface area contributed by atoms with Gasteiger partial charge in [-0.3, -0.25) is 9.59 Å². The van der Waals surface area contributed by atoms with E-state index in [1.165, 1.54) is 0 Å². The third-order valence-electron chi connectivity index (χ3n) is 5.16. The Morgan fingerprint density at radius 3 is 2.70 bits per heavy atom. The first-order chi connectivity index (χ1) is 14.7. The van der Waals surface area contributed by atoms with Gasteiger partial charge in [0.2, 0.25) is 0 Å². The second kappa shape index (κ2) is 8.82. The summed E-state index contributed by atoms with van der Waals surface area (Å²) in [7, 11) is 0. The van der Waals surface area contributed by atoms with E-state index in [2.05, 4.69) is 17.6 Å². The maximum Gasteiger partial charge on any atom is 0.255 e. The van der Waals surface area contributed by atoms with E-state index in [1.807, 2.05) is 48.5 Å². The summed E-state index contributed by atoms with van der Waals surface area (Å²) in [6.45, 7) is 3.24. The van der Waals surface area contributed by atoms with Gasteiger partial charge < -0.3 is 15.4 Å². The first-order valence-electron chi connectivity index (χ1n) is 10.2. The van der Waals surface area contributed by atoms with Crippen LogP contribution in [-0.4, -0.2) is 18.4 Å². The number of fused-ring (bicyclic) bond motifs is 1. The summed E-state index contributed by atoms with van der Waals surface area (Å²) >= 11 is 0. The molecule has 1 aliphatic heterocycles. The molecule has 1 aliphatic rings. The number of ether oxygens (including phenoxy) is 1. The molecule has 0 aromatic heterocycles. The van der Waals surface area contributed by atoms with Gasteiger partial charge in [-0.2, -0.15) is 0 Å². The average molecular weight is 400 g/mol. The number of hydrogen-bond acceptors (Lipinski definition) is 3. The van der Waals surface area contributed by atoms with Crippen molar-refractivity contribution < 1.29 is 14.3 Å². The van der Waals surface area contributed by atoms with E-state index in [0.29, 0.717) is 30.0 Å². The smallest absolute Gasteiger partial charge is 0.255 e. The summed E-state index contributed by atoms with van der Waals surface area (Å²) in [6.07, 6.45) is 2.09. The number of nitrogens with one attached hydrogen (secondary N) is 2. The number of unbranched alkanes of at least 4 members (excludes halogenated alkanes) is 1. The molecule has 152 valence electrons. The molecule has 5 nitrogen and oxygen atoms in total. The molecule has 2 amide bonds. The van der Waals surface area contributed by atoms with Crippen LogP contribution in [0.2, 0.25) is 0 Å². The number of benzene rings is 3. The molecule has 4 rings (SSSR count). The normalized spacial score (nSPS) is 12.2. The molecule has 0 fully saturated rings. The fourth-order valence-electron chi connectivity index (χ4n) is 3.59. The van der Waals surface area contributed by atoms with Crippen LogP contribution < -0.4 is 15.4 Å². The van der Waals surface area contributed by atoms with Crippen LogP contribution in [0.5, 0.6) is 5.75 Å². The Hall–Kier alpha value is -3.60. The Morgan fingerprint density at radius 1 is 1.07 bits per heavy atom. The molecule has 0 unspecified atom stereocenters. The van der Waals surface area contributed by atoms with Crippen LogP contribution in [0.1, 0.15) is 46.0 Å². The lowest BCUT2D eigenvalue weighted by atomic mass is 9.95. The first kappa shape index (κ1) is 19.7. The van der Waals surface area contributed by atoms with Gasteiger partial charge in [0.25, 0.3) is 11.8 Å². The number of amides is 2. The predicted octanol–water partition coefficient (Wildman–Crippen LogP) is 5.03. The summed E-state index contributed by atoms with van der Waals surface area (Å²) in [5.74, 6) is 0.399. The van der Waals surface area contributed by atoms with Crippen LogP contribution in [0.3, 0.4) is 0 Å². The number of carbonyl (C=O) groups excluding carboxylic acids is 2. The molecule has 0 saturated heterocycles. The Kier molecular flexibility index (Phi) is 5.80. The van der Waals surface area contributed by atoms with Gasteiger partial charge in [-0.1, -0.05) is 49.7 Å². The van der Waals surface area contributed by atoms with Crippen molar-refractivity contribution in [2.75, 3.05) is 11.9 Å². The highest BCUT2D eigenvalue weighted by Crippen LogP contribution is 2.35. The minimum atomic E-state index is -0.239. The maximum absolute atomic E-state index is 12.6. The summed E-state index contributed by atoms with van der Waals surface area (Å²) in [6, 6.07) is 20.6. The van der Waals surface area contributed by atoms with Crippen LogP contribution >= 0.6 is 0 Å². The molecule has 5 heteroatoms. The molecule has 1 heterocycles. The summed E-state index contributed by atoms with van der Waals surface area (Å²) in [4.78, 5) is 25.1. The maximum atomic E-state index is 12.6. The van der Waals surface area contributed by atoms with Gasteiger partial charge in [0, 0.05) is 12.1 Å². The van der Waals surface area contributed by atoms with Crippen LogP contribution in [0.15, 0.2) is 66.7 Å². The third kappa shape index (κ3) is 4.06. The predicted molar refractivity (Wildman–Crippen MR) is 118 cm³/mol. The molecule has 0 radical (unpaired) electrons. The molecule has 30 heavy (non-hydrogen) atoms. The van der Waals surface area contributed by atoms with Crippen LogP contribution in [0, 0.1) is 0 Å². The van der Waals surface area contributed by atoms with Gasteiger partial charge in [0.05, 0.1) is 17.9 Å². The molecule has 0 spiro atoms. The average Bonchev–Trinajstić information content (AvgIpc) is 3.17. The fourth-order valence-corrected chi connectivity index (χ4v) is 3.59. The number of hydrogen-bond donors (Lipinski definition) is 2. The molecule has 2 N–H and O–H groups in total. The molecule has 0 saturated carbocycles. The van der Waals surface area contributed by atoms with Crippen LogP contribution in [0.25, 0.3) is 11.1 Å². The lowest BCUT2D eigenvalue weighted by molar-refractivity contribution is 0.0966. The summed E-state index contributed by atoms with van der Waals surface area (Å²) in [5, 5.41) is 5.77. The van der Waals surface area contributed by atoms with Crippen molar-refractivity contribution in [3.63, 3.8) is 0 Å². The zero-order valence-corrected chi connectivity index (χ0v) is 16.9. The third-order valence-corrected chi connectivity index (χ3v) is 5.16. The van der Waals surface area contributed by atoms with Crippen molar-refractivity contribution in [2.45, 2.75) is 26.3 Å². The number of carbonyl (C=O) groups is 2. The van der Waals surface area contributed by atoms with Crippen molar-refractivity contribution in [3.8, 4) is 16.9 Å². The molecule has 0 bridgehead atoms. The Balaban J connectivity index is 1.65. The van der Waals surface area contributed by atoms with Crippen molar-refractivity contribution in [1.29, 1.82) is 0 Å². The minimum absolute atomic E-state index is 0.175. The Labute approximate surface area is 176 Å². The lowest BCUT2D eigenvalue weighted by Gasteiger charge is -2.14. The second-order valence-corrected chi connectivity index (χ2v) is 7.25. The highest BCUT2D eigenvalue weighted by atomic mass is 16.5. The molecule has 3 aromatic rings. The molecule has 0 aliphatic carbocycles. The summed E-state index contributed by atoms with van der Waals surface area (Å²) < 4.78 is 5.83. The minimum Gasteiger partial charge on any atom is -0.494 e. The van der Waals surface area contributed by atoms with E-state index in [4.69, 9.17) is 4.74 Å². The number of anilines is 1. The van der Waals surface area contributed by atoms with Crippen LogP contribution in [0.4, 0.5) is 5.69 Å². The molecule has 0 atom stereocenters. The first-order valence-corrected chi connectivity index (χ1v) is 10.2. The van der Waals surface area contributed by atoms with Gasteiger partial charge >= 0.3 is 0 Å². The van der Waals surface area contributed by atoms with E-state index < -0.39 is 0 Å². The quantitative estimate of drug-likeness (QED) is 0.547. The number of rotatable bonds is 7. The lowest BCUT2D eigenvalue weighted by Crippen LogP contribution is -2.17. The monoisotopic (exact) mass is 400 g/mol. The Bertz CT molecular complexity index is 1080. The van der Waals surface area contributed by atoms with E-state index >= 15 is 0 Å². The molecule has 3 aromatic carbocycles. The van der Waals surface area contributed by atoms with E-state index in [9.17, 15) is 9.59 Å². The van der Waals surface area contributed by atoms with Gasteiger partial charge in [0.1, 0.15) is 5.75 Å². The van der Waals surface area contributed by atoms with Crippen molar-refractivity contribution >= 4 is 17.5 Å². The molecular formula is C25H24N2O3. The largest absolute Gasteiger partial charge is 0.494 e. The topological polar surface area (TPSA) is 67.4 Å². The van der Waals surface area contributed by atoms with Crippen molar-refractivity contribution in [1.82, 2.24) is 5.32 Å². The zero-order chi connectivity index (χ0) is 20.9. The second-order valence-electron chi connectivity index (χ2n) is 7.25. The van der Waals surface area contributed by atoms with Gasteiger partial charge in [-0.05, 0) is 53.4 Å². The zero-order valence-electron chi connectivity index (χ0n) is 16.9. The van der Waals surface area contributed by atoms with Gasteiger partial charge in [0.15, 0.2) is 0 Å². The SMILES string of the molecule is CCCCOc1cccc(-c2ccc(NC(=O)c3ccccc3)c3c2CNC3=O)c1. The molecular weight excluding hydrogens is 376 g/mol. The van der Waals surface area contributed by atoms with E-state index in [1.54, 1.807) is 18.2 Å².